The summed E-state index contributed by atoms with van der Waals surface area (Å²) in [5, 5.41) is 11.9. The molecule has 0 radical (unpaired) electrons. The third-order valence-corrected chi connectivity index (χ3v) is 3.22. The molecule has 0 unspecified atom stereocenters. The topological polar surface area (TPSA) is 75.6 Å². The molecule has 0 aliphatic heterocycles. The second kappa shape index (κ2) is 7.26. The van der Waals surface area contributed by atoms with Crippen LogP contribution >= 0.6 is 0 Å². The molecule has 0 bridgehead atoms. The van der Waals surface area contributed by atoms with E-state index in [4.69, 9.17) is 9.84 Å². The molecule has 5 heteroatoms. The monoisotopic (exact) mass is 311 g/mol. The second-order valence-corrected chi connectivity index (χ2v) is 4.94. The van der Waals surface area contributed by atoms with Gasteiger partial charge in [0.25, 0.3) is 0 Å². The third-order valence-electron chi connectivity index (χ3n) is 3.22. The van der Waals surface area contributed by atoms with E-state index in [0.717, 1.165) is 0 Å². The Bertz CT molecular complexity index is 735. The molecule has 2 rings (SSSR count). The highest BCUT2D eigenvalue weighted by Crippen LogP contribution is 2.17. The number of aromatic carboxylic acids is 1. The van der Waals surface area contributed by atoms with E-state index in [1.165, 1.54) is 12.1 Å². The van der Waals surface area contributed by atoms with Gasteiger partial charge in [-0.2, -0.15) is 0 Å². The largest absolute Gasteiger partial charge is 0.497 e. The van der Waals surface area contributed by atoms with Crippen LogP contribution < -0.4 is 10.1 Å². The molecular weight excluding hydrogens is 294 g/mol. The fourth-order valence-corrected chi connectivity index (χ4v) is 2.04. The average molecular weight is 311 g/mol. The van der Waals surface area contributed by atoms with Crippen molar-refractivity contribution in [1.82, 2.24) is 0 Å². The van der Waals surface area contributed by atoms with Gasteiger partial charge in [0.2, 0.25) is 0 Å². The highest BCUT2D eigenvalue weighted by molar-refractivity contribution is 5.98. The van der Waals surface area contributed by atoms with Crippen LogP contribution in [0.1, 0.15) is 27.1 Å². The Balaban J connectivity index is 1.98. The van der Waals surface area contributed by atoms with Gasteiger partial charge in [-0.25, -0.2) is 4.79 Å². The van der Waals surface area contributed by atoms with E-state index in [2.05, 4.69) is 11.9 Å². The van der Waals surface area contributed by atoms with E-state index in [1.807, 2.05) is 0 Å². The summed E-state index contributed by atoms with van der Waals surface area (Å²) in [5.41, 5.74) is 1.96. The van der Waals surface area contributed by atoms with Crippen molar-refractivity contribution in [3.63, 3.8) is 0 Å². The van der Waals surface area contributed by atoms with Crippen molar-refractivity contribution < 1.29 is 19.4 Å². The third kappa shape index (κ3) is 4.44. The fraction of sp³-hybridized carbons (Fsp3) is 0.111. The molecule has 118 valence electrons. The molecule has 2 N–H and O–H groups in total. The number of anilines is 1. The first-order valence-corrected chi connectivity index (χ1v) is 6.95. The molecule has 2 aromatic carbocycles. The van der Waals surface area contributed by atoms with Crippen molar-refractivity contribution in [1.29, 1.82) is 0 Å². The van der Waals surface area contributed by atoms with Gasteiger partial charge in [-0.1, -0.05) is 18.7 Å². The Labute approximate surface area is 134 Å². The highest BCUT2D eigenvalue weighted by Gasteiger charge is 2.09. The first-order chi connectivity index (χ1) is 11.0. The molecule has 5 nitrogen and oxygen atoms in total. The number of Topliss-reactive ketones (excluding diaryl/α,β-unsaturated/α-hetero) is 1. The summed E-state index contributed by atoms with van der Waals surface area (Å²) in [6.45, 7) is 3.84. The van der Waals surface area contributed by atoms with Gasteiger partial charge in [0.15, 0.2) is 5.78 Å². The number of carboxylic acids is 1. The van der Waals surface area contributed by atoms with Crippen molar-refractivity contribution in [3.8, 4) is 5.75 Å². The zero-order valence-electron chi connectivity index (χ0n) is 12.7. The van der Waals surface area contributed by atoms with E-state index < -0.39 is 5.97 Å². The number of benzene rings is 2. The number of hydrogen-bond acceptors (Lipinski definition) is 4. The predicted octanol–water partition coefficient (Wildman–Crippen LogP) is 3.59. The molecular formula is C18H17NO4. The van der Waals surface area contributed by atoms with Crippen molar-refractivity contribution in [2.45, 2.75) is 6.42 Å². The van der Waals surface area contributed by atoms with E-state index in [0.29, 0.717) is 22.7 Å². The van der Waals surface area contributed by atoms with Gasteiger partial charge in [0, 0.05) is 16.9 Å². The first-order valence-electron chi connectivity index (χ1n) is 6.95. The number of ether oxygens (including phenoxy) is 1. The normalized spacial score (nSPS) is 9.96. The molecule has 0 fully saturated rings. The Hall–Kier alpha value is -3.08. The summed E-state index contributed by atoms with van der Waals surface area (Å²) in [7, 11) is 1.55. The number of allylic oxidation sites excluding steroid dienone is 1. The van der Waals surface area contributed by atoms with Gasteiger partial charge < -0.3 is 15.2 Å². The van der Waals surface area contributed by atoms with Gasteiger partial charge in [-0.3, -0.25) is 4.79 Å². The van der Waals surface area contributed by atoms with Crippen LogP contribution in [0.5, 0.6) is 5.75 Å². The molecule has 0 aromatic heterocycles. The van der Waals surface area contributed by atoms with Gasteiger partial charge in [-0.05, 0) is 36.4 Å². The minimum atomic E-state index is -0.983. The summed E-state index contributed by atoms with van der Waals surface area (Å²) in [6, 6.07) is 13.2. The van der Waals surface area contributed by atoms with Crippen LogP contribution in [0.15, 0.2) is 60.8 Å². The van der Waals surface area contributed by atoms with Gasteiger partial charge in [0.05, 0.1) is 19.1 Å². The molecule has 0 aliphatic carbocycles. The lowest BCUT2D eigenvalue weighted by atomic mass is 10.1. The Morgan fingerprint density at radius 3 is 2.43 bits per heavy atom. The van der Waals surface area contributed by atoms with Crippen LogP contribution in [0.4, 0.5) is 5.69 Å². The molecule has 0 heterocycles. The van der Waals surface area contributed by atoms with Crippen LogP contribution in [-0.2, 0) is 0 Å². The number of ketones is 1. The fourth-order valence-electron chi connectivity index (χ4n) is 2.04. The number of methoxy groups -OCH3 is 1. The number of rotatable bonds is 7. The van der Waals surface area contributed by atoms with Crippen LogP contribution in [0, 0.1) is 0 Å². The molecule has 0 aliphatic rings. The van der Waals surface area contributed by atoms with E-state index in [9.17, 15) is 9.59 Å². The lowest BCUT2D eigenvalue weighted by molar-refractivity contribution is 0.0696. The lowest BCUT2D eigenvalue weighted by Crippen LogP contribution is -2.07. The first kappa shape index (κ1) is 16.3. The molecule has 2 aromatic rings. The maximum absolute atomic E-state index is 12.2. The summed E-state index contributed by atoms with van der Waals surface area (Å²) in [4.78, 5) is 23.0. The molecule has 0 amide bonds. The second-order valence-electron chi connectivity index (χ2n) is 4.94. The Kier molecular flexibility index (Phi) is 5.15. The SMILES string of the molecule is C=C(CC(=O)c1cccc(OC)c1)Nc1ccc(C(=O)O)cc1. The molecule has 0 atom stereocenters. The quantitative estimate of drug-likeness (QED) is 0.764. The standard InChI is InChI=1S/C18H17NO4/c1-12(19-15-8-6-13(7-9-15)18(21)22)10-17(20)14-4-3-5-16(11-14)23-2/h3-9,11,19H,1,10H2,2H3,(H,21,22). The molecule has 0 saturated heterocycles. The van der Waals surface area contributed by atoms with E-state index in [-0.39, 0.29) is 17.8 Å². The van der Waals surface area contributed by atoms with E-state index in [1.54, 1.807) is 43.5 Å². The van der Waals surface area contributed by atoms with Gasteiger partial charge in [0.1, 0.15) is 5.75 Å². The predicted molar refractivity (Wildman–Crippen MR) is 88.1 cm³/mol. The Morgan fingerprint density at radius 1 is 1.13 bits per heavy atom. The van der Waals surface area contributed by atoms with E-state index >= 15 is 0 Å². The number of carbonyl (C=O) groups excluding carboxylic acids is 1. The molecule has 0 saturated carbocycles. The summed E-state index contributed by atoms with van der Waals surface area (Å²) in [5.74, 6) is -0.439. The van der Waals surface area contributed by atoms with Crippen molar-refractivity contribution >= 4 is 17.4 Å². The number of carboxylic acid groups (broad SMARTS) is 1. The summed E-state index contributed by atoms with van der Waals surface area (Å²) < 4.78 is 5.10. The van der Waals surface area contributed by atoms with Gasteiger partial charge in [-0.15, -0.1) is 0 Å². The van der Waals surface area contributed by atoms with Crippen LogP contribution in [0.2, 0.25) is 0 Å². The smallest absolute Gasteiger partial charge is 0.335 e. The maximum atomic E-state index is 12.2. The van der Waals surface area contributed by atoms with Crippen molar-refractivity contribution in [2.24, 2.45) is 0 Å². The van der Waals surface area contributed by atoms with Crippen LogP contribution in [-0.4, -0.2) is 24.0 Å². The Morgan fingerprint density at radius 2 is 1.83 bits per heavy atom. The number of nitrogens with one attached hydrogen (secondary N) is 1. The molecule has 23 heavy (non-hydrogen) atoms. The summed E-state index contributed by atoms with van der Waals surface area (Å²) >= 11 is 0. The zero-order chi connectivity index (χ0) is 16.8. The zero-order valence-corrected chi connectivity index (χ0v) is 12.7. The van der Waals surface area contributed by atoms with Crippen molar-refractivity contribution in [2.75, 3.05) is 12.4 Å². The highest BCUT2D eigenvalue weighted by atomic mass is 16.5. The van der Waals surface area contributed by atoms with Crippen LogP contribution in [0.25, 0.3) is 0 Å². The van der Waals surface area contributed by atoms with Gasteiger partial charge >= 0.3 is 5.97 Å². The van der Waals surface area contributed by atoms with Crippen molar-refractivity contribution in [3.05, 3.63) is 71.9 Å². The number of carbonyl (C=O) groups is 2. The minimum Gasteiger partial charge on any atom is -0.497 e. The lowest BCUT2D eigenvalue weighted by Gasteiger charge is -2.10. The minimum absolute atomic E-state index is 0.0800. The molecule has 0 spiro atoms. The maximum Gasteiger partial charge on any atom is 0.335 e. The average Bonchev–Trinajstić information content (AvgIpc) is 2.55. The number of hydrogen-bond donors (Lipinski definition) is 2. The summed E-state index contributed by atoms with van der Waals surface area (Å²) in [6.07, 6.45) is 0.133. The van der Waals surface area contributed by atoms with Crippen LogP contribution in [0.3, 0.4) is 0 Å².